The second kappa shape index (κ2) is 12.7. The monoisotopic (exact) mass is 518 g/mol. The summed E-state index contributed by atoms with van der Waals surface area (Å²) in [4.78, 5) is 0. The van der Waals surface area contributed by atoms with Gasteiger partial charge in [-0.15, -0.1) is 0 Å². The van der Waals surface area contributed by atoms with Gasteiger partial charge in [0.05, 0.1) is 0 Å². The van der Waals surface area contributed by atoms with Crippen LogP contribution in [0.15, 0.2) is 121 Å². The van der Waals surface area contributed by atoms with Gasteiger partial charge in [-0.3, -0.25) is 0 Å². The molecule has 0 amide bonds. The van der Waals surface area contributed by atoms with Crippen LogP contribution < -0.4 is 0 Å². The van der Waals surface area contributed by atoms with Gasteiger partial charge >= 0.3 is 203 Å². The summed E-state index contributed by atoms with van der Waals surface area (Å²) < 4.78 is 25.7. The van der Waals surface area contributed by atoms with Crippen LogP contribution in [-0.4, -0.2) is 0 Å². The minimum atomic E-state index is -4.47. The molecular weight excluding hydrogens is 492 g/mol. The van der Waals surface area contributed by atoms with Crippen molar-refractivity contribution in [1.29, 1.82) is 0 Å². The standard InChI is InChI=1S/4C7H7O.Zr/c4*8-6-7-4-2-1-3-5-7;/h4*1-5H,6H2;/q4*-1;+4. The van der Waals surface area contributed by atoms with E-state index in [0.29, 0.717) is 26.4 Å². The van der Waals surface area contributed by atoms with Crippen molar-refractivity contribution in [3.63, 3.8) is 0 Å². The van der Waals surface area contributed by atoms with Gasteiger partial charge in [0.15, 0.2) is 0 Å². The molecule has 5 heteroatoms. The molecular formula is C28H28O4Zr. The molecule has 0 heterocycles. The first-order chi connectivity index (χ1) is 16.3. The fourth-order valence-corrected chi connectivity index (χ4v) is 7.84. The van der Waals surface area contributed by atoms with Gasteiger partial charge in [0.2, 0.25) is 0 Å². The Balaban J connectivity index is 1.56. The molecule has 0 saturated carbocycles. The van der Waals surface area contributed by atoms with Gasteiger partial charge in [0, 0.05) is 0 Å². The first-order valence-electron chi connectivity index (χ1n) is 11.0. The molecule has 4 aromatic rings. The van der Waals surface area contributed by atoms with Gasteiger partial charge in [-0.25, -0.2) is 0 Å². The number of hydrogen-bond acceptors (Lipinski definition) is 4. The molecule has 0 spiro atoms. The molecule has 0 radical (unpaired) electrons. The Morgan fingerprint density at radius 1 is 0.333 bits per heavy atom. The quantitative estimate of drug-likeness (QED) is 0.210. The van der Waals surface area contributed by atoms with Crippen LogP contribution in [0.2, 0.25) is 0 Å². The SMILES string of the molecule is c1ccc(C[O][Zr]([O]Cc2ccccc2)([O]Cc2ccccc2)[O]Cc2ccccc2)cc1. The van der Waals surface area contributed by atoms with Gasteiger partial charge in [0.1, 0.15) is 0 Å². The van der Waals surface area contributed by atoms with Gasteiger partial charge in [0.25, 0.3) is 0 Å². The van der Waals surface area contributed by atoms with E-state index in [9.17, 15) is 0 Å². The third-order valence-electron chi connectivity index (χ3n) is 5.03. The van der Waals surface area contributed by atoms with Gasteiger partial charge in [-0.1, -0.05) is 0 Å². The van der Waals surface area contributed by atoms with Crippen LogP contribution in [0.1, 0.15) is 22.3 Å². The zero-order valence-corrected chi connectivity index (χ0v) is 21.0. The normalized spacial score (nSPS) is 11.4. The van der Waals surface area contributed by atoms with Crippen LogP contribution in [0.3, 0.4) is 0 Å². The average molecular weight is 520 g/mol. The maximum absolute atomic E-state index is 6.42. The number of rotatable bonds is 12. The van der Waals surface area contributed by atoms with E-state index in [0.717, 1.165) is 22.3 Å². The molecule has 33 heavy (non-hydrogen) atoms. The van der Waals surface area contributed by atoms with E-state index in [4.69, 9.17) is 11.3 Å². The molecule has 0 unspecified atom stereocenters. The predicted molar refractivity (Wildman–Crippen MR) is 125 cm³/mol. The number of hydrogen-bond donors (Lipinski definition) is 0. The molecule has 0 aliphatic heterocycles. The molecule has 0 bridgehead atoms. The Morgan fingerprint density at radius 3 is 0.758 bits per heavy atom. The molecule has 0 N–H and O–H groups in total. The van der Waals surface area contributed by atoms with E-state index in [1.807, 2.05) is 121 Å². The molecule has 0 aliphatic carbocycles. The Morgan fingerprint density at radius 2 is 0.545 bits per heavy atom. The van der Waals surface area contributed by atoms with E-state index in [2.05, 4.69) is 0 Å². The van der Waals surface area contributed by atoms with Crippen molar-refractivity contribution in [3.8, 4) is 0 Å². The van der Waals surface area contributed by atoms with Crippen LogP contribution in [0.25, 0.3) is 0 Å². The average Bonchev–Trinajstić information content (AvgIpc) is 2.90. The zero-order valence-electron chi connectivity index (χ0n) is 18.5. The van der Waals surface area contributed by atoms with Crippen LogP contribution in [0.4, 0.5) is 0 Å². The predicted octanol–water partition coefficient (Wildman–Crippen LogP) is 6.67. The summed E-state index contributed by atoms with van der Waals surface area (Å²) in [6.45, 7) is 1.48. The Labute approximate surface area is 202 Å². The van der Waals surface area contributed by atoms with Crippen LogP contribution in [0.5, 0.6) is 0 Å². The van der Waals surface area contributed by atoms with Crippen LogP contribution >= 0.6 is 0 Å². The Bertz CT molecular complexity index is 881. The van der Waals surface area contributed by atoms with Crippen molar-refractivity contribution >= 4 is 0 Å². The van der Waals surface area contributed by atoms with Crippen molar-refractivity contribution < 1.29 is 33.3 Å². The molecule has 4 nitrogen and oxygen atoms in total. The van der Waals surface area contributed by atoms with Crippen molar-refractivity contribution in [2.45, 2.75) is 26.4 Å². The second-order valence-electron chi connectivity index (χ2n) is 7.60. The van der Waals surface area contributed by atoms with E-state index < -0.39 is 22.0 Å². The van der Waals surface area contributed by atoms with E-state index in [1.165, 1.54) is 0 Å². The fourth-order valence-electron chi connectivity index (χ4n) is 3.23. The van der Waals surface area contributed by atoms with E-state index >= 15 is 0 Å². The first kappa shape index (κ1) is 23.8. The second-order valence-corrected chi connectivity index (χ2v) is 12.9. The van der Waals surface area contributed by atoms with Gasteiger partial charge in [-0.2, -0.15) is 0 Å². The summed E-state index contributed by atoms with van der Waals surface area (Å²) in [6.07, 6.45) is 0. The van der Waals surface area contributed by atoms with Crippen LogP contribution in [0, 0.1) is 0 Å². The summed E-state index contributed by atoms with van der Waals surface area (Å²) >= 11 is -4.47. The third-order valence-corrected chi connectivity index (χ3v) is 9.93. The fraction of sp³-hybridized carbons (Fsp3) is 0.143. The molecule has 0 aliphatic rings. The Kier molecular flexibility index (Phi) is 9.17. The third kappa shape index (κ3) is 7.85. The molecule has 0 saturated heterocycles. The van der Waals surface area contributed by atoms with Crippen molar-refractivity contribution in [2.24, 2.45) is 0 Å². The summed E-state index contributed by atoms with van der Waals surface area (Å²) in [5, 5.41) is 0. The van der Waals surface area contributed by atoms with E-state index in [1.54, 1.807) is 0 Å². The molecule has 0 fully saturated rings. The van der Waals surface area contributed by atoms with Crippen molar-refractivity contribution in [3.05, 3.63) is 144 Å². The topological polar surface area (TPSA) is 36.9 Å². The minimum absolute atomic E-state index is 0.370. The van der Waals surface area contributed by atoms with Crippen molar-refractivity contribution in [2.75, 3.05) is 0 Å². The first-order valence-corrected chi connectivity index (χ1v) is 15.0. The van der Waals surface area contributed by atoms with Gasteiger partial charge < -0.3 is 0 Å². The number of benzene rings is 4. The van der Waals surface area contributed by atoms with E-state index in [-0.39, 0.29) is 0 Å². The molecule has 4 aromatic carbocycles. The maximum atomic E-state index is 6.42. The zero-order chi connectivity index (χ0) is 22.6. The summed E-state index contributed by atoms with van der Waals surface area (Å²) in [6, 6.07) is 40.2. The summed E-state index contributed by atoms with van der Waals surface area (Å²) in [5.41, 5.74) is 4.20. The molecule has 0 aromatic heterocycles. The molecule has 4 rings (SSSR count). The van der Waals surface area contributed by atoms with Crippen molar-refractivity contribution in [1.82, 2.24) is 0 Å². The summed E-state index contributed by atoms with van der Waals surface area (Å²) in [5.74, 6) is 0. The molecule has 168 valence electrons. The molecule has 0 atom stereocenters. The Hall–Kier alpha value is -2.40. The van der Waals surface area contributed by atoms with Gasteiger partial charge in [-0.05, 0) is 0 Å². The van der Waals surface area contributed by atoms with Crippen LogP contribution in [-0.2, 0) is 59.7 Å². The summed E-state index contributed by atoms with van der Waals surface area (Å²) in [7, 11) is 0.